The van der Waals surface area contributed by atoms with Gasteiger partial charge in [-0.2, -0.15) is 5.10 Å². The molecule has 2 aromatic heterocycles. The molecule has 0 atom stereocenters. The Kier molecular flexibility index (Phi) is 3.61. The number of aryl methyl sites for hydroxylation is 4. The topological polar surface area (TPSA) is 64.8 Å². The fourth-order valence-electron chi connectivity index (χ4n) is 1.98. The molecule has 5 nitrogen and oxygen atoms in total. The van der Waals surface area contributed by atoms with E-state index in [0.29, 0.717) is 21.8 Å². The first kappa shape index (κ1) is 13.6. The van der Waals surface area contributed by atoms with E-state index in [0.717, 1.165) is 5.01 Å². The Morgan fingerprint density at radius 3 is 2.37 bits per heavy atom. The highest BCUT2D eigenvalue weighted by Gasteiger charge is 2.20. The van der Waals surface area contributed by atoms with Gasteiger partial charge in [-0.1, -0.05) is 0 Å². The second kappa shape index (κ2) is 5.05. The summed E-state index contributed by atoms with van der Waals surface area (Å²) in [5.74, 6) is -0.364. The number of rotatable bonds is 4. The van der Waals surface area contributed by atoms with Gasteiger partial charge >= 0.3 is 0 Å². The Hall–Kier alpha value is -1.82. The highest BCUT2D eigenvalue weighted by atomic mass is 32.1. The summed E-state index contributed by atoms with van der Waals surface area (Å²) >= 11 is 1.34. The molecule has 0 saturated carbocycles. The zero-order chi connectivity index (χ0) is 14.2. The monoisotopic (exact) mass is 277 g/mol. The lowest BCUT2D eigenvalue weighted by Gasteiger charge is -1.98. The lowest BCUT2D eigenvalue weighted by atomic mass is 10.1. The van der Waals surface area contributed by atoms with E-state index in [1.165, 1.54) is 11.3 Å². The molecule has 0 fully saturated rings. The van der Waals surface area contributed by atoms with E-state index < -0.39 is 0 Å². The molecule has 0 bridgehead atoms. The van der Waals surface area contributed by atoms with E-state index in [1.54, 1.807) is 31.8 Å². The quantitative estimate of drug-likeness (QED) is 0.635. The van der Waals surface area contributed by atoms with Crippen LogP contribution >= 0.6 is 11.3 Å². The number of nitrogens with zero attached hydrogens (tertiary/aromatic N) is 3. The van der Waals surface area contributed by atoms with Gasteiger partial charge in [0.05, 0.1) is 33.3 Å². The maximum absolute atomic E-state index is 12.1. The van der Waals surface area contributed by atoms with Gasteiger partial charge in [-0.15, -0.1) is 11.3 Å². The molecular formula is C13H15N3O2S. The van der Waals surface area contributed by atoms with Crippen LogP contribution in [0.5, 0.6) is 0 Å². The van der Waals surface area contributed by atoms with Crippen LogP contribution in [0.15, 0.2) is 6.20 Å². The van der Waals surface area contributed by atoms with Crippen molar-refractivity contribution in [3.63, 3.8) is 0 Å². The standard InChI is InChI=1S/C13H15N3O2S/c1-7-10(6-16(4)15-7)11(17)5-12(18)13-8(2)14-9(3)19-13/h6H,5H2,1-4H3. The van der Waals surface area contributed by atoms with Gasteiger partial charge in [0, 0.05) is 13.2 Å². The van der Waals surface area contributed by atoms with Gasteiger partial charge < -0.3 is 0 Å². The smallest absolute Gasteiger partial charge is 0.182 e. The molecule has 2 aromatic rings. The van der Waals surface area contributed by atoms with E-state index in [2.05, 4.69) is 10.1 Å². The normalized spacial score (nSPS) is 10.7. The second-order valence-corrected chi connectivity index (χ2v) is 5.68. The molecule has 0 aliphatic heterocycles. The van der Waals surface area contributed by atoms with Crippen LogP contribution in [0.25, 0.3) is 0 Å². The van der Waals surface area contributed by atoms with Crippen LogP contribution in [-0.4, -0.2) is 26.3 Å². The van der Waals surface area contributed by atoms with Crippen LogP contribution in [0.2, 0.25) is 0 Å². The number of hydrogen-bond acceptors (Lipinski definition) is 5. The molecular weight excluding hydrogens is 262 g/mol. The maximum Gasteiger partial charge on any atom is 0.182 e. The van der Waals surface area contributed by atoms with Crippen molar-refractivity contribution in [3.8, 4) is 0 Å². The number of thiazole rings is 1. The second-order valence-electron chi connectivity index (χ2n) is 4.47. The summed E-state index contributed by atoms with van der Waals surface area (Å²) < 4.78 is 1.58. The average Bonchev–Trinajstić information content (AvgIpc) is 2.81. The van der Waals surface area contributed by atoms with Crippen LogP contribution in [0.4, 0.5) is 0 Å². The average molecular weight is 277 g/mol. The summed E-state index contributed by atoms with van der Waals surface area (Å²) in [4.78, 5) is 29.0. The van der Waals surface area contributed by atoms with Crippen LogP contribution in [-0.2, 0) is 7.05 Å². The Bertz CT molecular complexity index is 599. The summed E-state index contributed by atoms with van der Waals surface area (Å²) in [5.41, 5.74) is 1.86. The number of ketones is 2. The summed E-state index contributed by atoms with van der Waals surface area (Å²) in [6.45, 7) is 5.40. The highest BCUT2D eigenvalue weighted by Crippen LogP contribution is 2.20. The van der Waals surface area contributed by atoms with Crippen molar-refractivity contribution in [1.29, 1.82) is 0 Å². The Labute approximate surface area is 115 Å². The molecule has 0 amide bonds. The lowest BCUT2D eigenvalue weighted by Crippen LogP contribution is -2.09. The fraction of sp³-hybridized carbons (Fsp3) is 0.385. The first-order valence-corrected chi connectivity index (χ1v) is 6.71. The van der Waals surface area contributed by atoms with Gasteiger partial charge in [0.1, 0.15) is 0 Å². The molecule has 0 aromatic carbocycles. The first-order valence-electron chi connectivity index (χ1n) is 5.89. The van der Waals surface area contributed by atoms with Gasteiger partial charge in [-0.05, 0) is 20.8 Å². The van der Waals surface area contributed by atoms with Crippen LogP contribution in [0, 0.1) is 20.8 Å². The maximum atomic E-state index is 12.1. The van der Waals surface area contributed by atoms with E-state index in [9.17, 15) is 9.59 Å². The van der Waals surface area contributed by atoms with Crippen LogP contribution < -0.4 is 0 Å². The third-order valence-corrected chi connectivity index (χ3v) is 3.91. The summed E-state index contributed by atoms with van der Waals surface area (Å²) in [5, 5.41) is 4.95. The van der Waals surface area contributed by atoms with E-state index in [-0.39, 0.29) is 18.0 Å². The minimum absolute atomic E-state index is 0.130. The number of hydrogen-bond donors (Lipinski definition) is 0. The largest absolute Gasteiger partial charge is 0.294 e. The summed E-state index contributed by atoms with van der Waals surface area (Å²) in [6.07, 6.45) is 1.52. The SMILES string of the molecule is Cc1nc(C)c(C(=O)CC(=O)c2cn(C)nc2C)s1. The van der Waals surface area contributed by atoms with Gasteiger partial charge in [0.15, 0.2) is 11.6 Å². The third kappa shape index (κ3) is 2.78. The number of carbonyl (C=O) groups is 2. The molecule has 19 heavy (non-hydrogen) atoms. The molecule has 0 spiro atoms. The number of carbonyl (C=O) groups excluding carboxylic acids is 2. The number of Topliss-reactive ketones (excluding diaryl/α,β-unsaturated/α-hetero) is 2. The summed E-state index contributed by atoms with van der Waals surface area (Å²) in [7, 11) is 1.75. The van der Waals surface area contributed by atoms with Crippen molar-refractivity contribution in [2.45, 2.75) is 27.2 Å². The Balaban J connectivity index is 2.18. The molecule has 0 aliphatic carbocycles. The van der Waals surface area contributed by atoms with Crippen molar-refractivity contribution < 1.29 is 9.59 Å². The molecule has 2 heterocycles. The third-order valence-electron chi connectivity index (χ3n) is 2.79. The van der Waals surface area contributed by atoms with Crippen molar-refractivity contribution in [2.75, 3.05) is 0 Å². The zero-order valence-corrected chi connectivity index (χ0v) is 12.2. The molecule has 0 saturated heterocycles. The molecule has 0 N–H and O–H groups in total. The highest BCUT2D eigenvalue weighted by molar-refractivity contribution is 7.13. The predicted molar refractivity (Wildman–Crippen MR) is 72.8 cm³/mol. The van der Waals surface area contributed by atoms with Crippen LogP contribution in [0.3, 0.4) is 0 Å². The van der Waals surface area contributed by atoms with Crippen LogP contribution in [0.1, 0.15) is 42.8 Å². The van der Waals surface area contributed by atoms with Gasteiger partial charge in [-0.25, -0.2) is 4.98 Å². The molecule has 2 rings (SSSR count). The minimum Gasteiger partial charge on any atom is -0.294 e. The van der Waals surface area contributed by atoms with Crippen molar-refractivity contribution in [3.05, 3.63) is 33.0 Å². The van der Waals surface area contributed by atoms with Crippen molar-refractivity contribution in [1.82, 2.24) is 14.8 Å². The summed E-state index contributed by atoms with van der Waals surface area (Å²) in [6, 6.07) is 0. The molecule has 0 radical (unpaired) electrons. The van der Waals surface area contributed by atoms with Gasteiger partial charge in [0.25, 0.3) is 0 Å². The molecule has 0 unspecified atom stereocenters. The predicted octanol–water partition coefficient (Wildman–Crippen LogP) is 2.26. The first-order chi connectivity index (χ1) is 8.88. The minimum atomic E-state index is -0.193. The lowest BCUT2D eigenvalue weighted by molar-refractivity contribution is 0.0896. The molecule has 6 heteroatoms. The van der Waals surface area contributed by atoms with E-state index in [1.807, 2.05) is 6.92 Å². The fourth-order valence-corrected chi connectivity index (χ4v) is 2.84. The number of aromatic nitrogens is 3. The Morgan fingerprint density at radius 2 is 1.89 bits per heavy atom. The molecule has 100 valence electrons. The zero-order valence-electron chi connectivity index (χ0n) is 11.4. The van der Waals surface area contributed by atoms with Gasteiger partial charge in [0.2, 0.25) is 0 Å². The van der Waals surface area contributed by atoms with E-state index >= 15 is 0 Å². The van der Waals surface area contributed by atoms with Gasteiger partial charge in [-0.3, -0.25) is 14.3 Å². The Morgan fingerprint density at radius 1 is 1.21 bits per heavy atom. The van der Waals surface area contributed by atoms with E-state index in [4.69, 9.17) is 0 Å². The van der Waals surface area contributed by atoms with Crippen molar-refractivity contribution >= 4 is 22.9 Å². The van der Waals surface area contributed by atoms with Crippen molar-refractivity contribution in [2.24, 2.45) is 7.05 Å². The molecule has 0 aliphatic rings.